The van der Waals surface area contributed by atoms with Crippen LogP contribution in [0.25, 0.3) is 0 Å². The van der Waals surface area contributed by atoms with Gasteiger partial charge in [0.1, 0.15) is 0 Å². The molecule has 1 rings (SSSR count). The zero-order valence-corrected chi connectivity index (χ0v) is 10.0. The van der Waals surface area contributed by atoms with E-state index in [0.29, 0.717) is 10.5 Å². The third-order valence-corrected chi connectivity index (χ3v) is 2.46. The molecule has 0 heterocycles. The Hall–Kier alpha value is -0.505. The molecule has 0 saturated heterocycles. The van der Waals surface area contributed by atoms with E-state index in [1.165, 1.54) is 0 Å². The molecule has 2 nitrogen and oxygen atoms in total. The molecule has 4 heteroatoms. The van der Waals surface area contributed by atoms with E-state index in [2.05, 4.69) is 20.8 Å². The van der Waals surface area contributed by atoms with Crippen molar-refractivity contribution in [2.75, 3.05) is 0 Å². The van der Waals surface area contributed by atoms with Crippen molar-refractivity contribution in [1.82, 2.24) is 0 Å². The highest BCUT2D eigenvalue weighted by Crippen LogP contribution is 2.24. The van der Waals surface area contributed by atoms with Gasteiger partial charge in [-0.2, -0.15) is 0 Å². The van der Waals surface area contributed by atoms with Crippen LogP contribution in [0.4, 0.5) is 0 Å². The van der Waals surface area contributed by atoms with Crippen LogP contribution in [0.3, 0.4) is 0 Å². The van der Waals surface area contributed by atoms with Crippen molar-refractivity contribution in [1.29, 1.82) is 0 Å². The Labute approximate surface area is 96.0 Å². The average molecular weight is 227 g/mol. The Morgan fingerprint density at radius 3 is 2.33 bits per heavy atom. The number of hydrogen-bond donors (Lipinski definition) is 2. The molecule has 0 amide bonds. The number of rotatable bonds is 2. The fourth-order valence-corrected chi connectivity index (χ4v) is 1.65. The Morgan fingerprint density at radius 1 is 1.27 bits per heavy atom. The highest BCUT2D eigenvalue weighted by Gasteiger charge is 2.17. The molecule has 82 valence electrons. The monoisotopic (exact) mass is 226 g/mol. The van der Waals surface area contributed by atoms with E-state index in [1.807, 2.05) is 0 Å². The topological polar surface area (TPSA) is 40.5 Å². The summed E-state index contributed by atoms with van der Waals surface area (Å²) in [6.07, 6.45) is 0.812. The summed E-state index contributed by atoms with van der Waals surface area (Å²) >= 11 is 6.04. The normalized spacial score (nSPS) is 11.6. The van der Waals surface area contributed by atoms with E-state index in [0.717, 1.165) is 12.0 Å². The van der Waals surface area contributed by atoms with Crippen molar-refractivity contribution in [3.8, 4) is 0 Å². The first-order valence-electron chi connectivity index (χ1n) is 4.94. The summed E-state index contributed by atoms with van der Waals surface area (Å²) in [6, 6.07) is 5.08. The molecular formula is C11H16BClO2. The van der Waals surface area contributed by atoms with Gasteiger partial charge in [-0.3, -0.25) is 0 Å². The predicted molar refractivity (Wildman–Crippen MR) is 64.4 cm³/mol. The largest absolute Gasteiger partial charge is 0.488 e. The van der Waals surface area contributed by atoms with Gasteiger partial charge in [-0.1, -0.05) is 44.5 Å². The number of benzene rings is 1. The Kier molecular flexibility index (Phi) is 3.82. The standard InChI is InChI=1S/C11H16BClO2/c1-11(2,3)7-8-6-9(12(14)15)4-5-10(8)13/h4-6,14-15H,7H2,1-3H3. The summed E-state index contributed by atoms with van der Waals surface area (Å²) in [6.45, 7) is 6.35. The van der Waals surface area contributed by atoms with Gasteiger partial charge in [-0.05, 0) is 28.9 Å². The summed E-state index contributed by atoms with van der Waals surface area (Å²) in [4.78, 5) is 0. The molecule has 15 heavy (non-hydrogen) atoms. The zero-order chi connectivity index (χ0) is 11.6. The molecule has 0 aliphatic carbocycles. The zero-order valence-electron chi connectivity index (χ0n) is 9.29. The van der Waals surface area contributed by atoms with Gasteiger partial charge >= 0.3 is 7.12 Å². The molecule has 0 spiro atoms. The lowest BCUT2D eigenvalue weighted by Crippen LogP contribution is -2.30. The van der Waals surface area contributed by atoms with Crippen LogP contribution < -0.4 is 5.46 Å². The van der Waals surface area contributed by atoms with Gasteiger partial charge in [0.2, 0.25) is 0 Å². The molecule has 0 atom stereocenters. The first kappa shape index (κ1) is 12.6. The molecule has 0 aliphatic rings. The van der Waals surface area contributed by atoms with Crippen molar-refractivity contribution in [2.24, 2.45) is 5.41 Å². The molecule has 0 saturated carbocycles. The second kappa shape index (κ2) is 4.56. The van der Waals surface area contributed by atoms with Gasteiger partial charge in [0.25, 0.3) is 0 Å². The van der Waals surface area contributed by atoms with Crippen molar-refractivity contribution >= 4 is 24.2 Å². The van der Waals surface area contributed by atoms with E-state index in [9.17, 15) is 0 Å². The Balaban J connectivity index is 3.01. The van der Waals surface area contributed by atoms with E-state index >= 15 is 0 Å². The van der Waals surface area contributed by atoms with Gasteiger partial charge in [0.15, 0.2) is 0 Å². The molecule has 0 aromatic heterocycles. The fourth-order valence-electron chi connectivity index (χ4n) is 1.46. The van der Waals surface area contributed by atoms with Crippen molar-refractivity contribution in [3.05, 3.63) is 28.8 Å². The predicted octanol–water partition coefficient (Wildman–Crippen LogP) is 1.61. The third kappa shape index (κ3) is 3.86. The minimum atomic E-state index is -1.43. The molecular weight excluding hydrogens is 210 g/mol. The maximum absolute atomic E-state index is 9.05. The molecule has 0 unspecified atom stereocenters. The van der Waals surface area contributed by atoms with E-state index in [1.54, 1.807) is 18.2 Å². The quantitative estimate of drug-likeness (QED) is 0.752. The lowest BCUT2D eigenvalue weighted by atomic mass is 9.78. The van der Waals surface area contributed by atoms with Crippen LogP contribution >= 0.6 is 11.6 Å². The summed E-state index contributed by atoms with van der Waals surface area (Å²) in [5.74, 6) is 0. The van der Waals surface area contributed by atoms with Crippen LogP contribution in [0.2, 0.25) is 5.02 Å². The first-order chi connectivity index (χ1) is 6.79. The minimum Gasteiger partial charge on any atom is -0.423 e. The van der Waals surface area contributed by atoms with Gasteiger partial charge in [-0.25, -0.2) is 0 Å². The molecule has 0 aliphatic heterocycles. The van der Waals surface area contributed by atoms with Crippen LogP contribution in [-0.2, 0) is 6.42 Å². The van der Waals surface area contributed by atoms with Crippen LogP contribution in [0.5, 0.6) is 0 Å². The lowest BCUT2D eigenvalue weighted by molar-refractivity contribution is 0.410. The van der Waals surface area contributed by atoms with Crippen molar-refractivity contribution in [2.45, 2.75) is 27.2 Å². The summed E-state index contributed by atoms with van der Waals surface area (Å²) in [5.41, 5.74) is 1.57. The number of halogens is 1. The molecule has 0 fully saturated rings. The van der Waals surface area contributed by atoms with E-state index < -0.39 is 7.12 Å². The Bertz CT molecular complexity index is 345. The van der Waals surface area contributed by atoms with Gasteiger partial charge in [0.05, 0.1) is 0 Å². The van der Waals surface area contributed by atoms with Crippen molar-refractivity contribution in [3.63, 3.8) is 0 Å². The number of hydrogen-bond acceptors (Lipinski definition) is 2. The second-order valence-corrected chi connectivity index (χ2v) is 5.37. The van der Waals surface area contributed by atoms with Gasteiger partial charge in [0, 0.05) is 5.02 Å². The first-order valence-corrected chi connectivity index (χ1v) is 5.32. The van der Waals surface area contributed by atoms with Crippen LogP contribution in [0.1, 0.15) is 26.3 Å². The summed E-state index contributed by atoms with van der Waals surface area (Å²) in [7, 11) is -1.43. The summed E-state index contributed by atoms with van der Waals surface area (Å²) in [5, 5.41) is 18.8. The smallest absolute Gasteiger partial charge is 0.423 e. The fraction of sp³-hybridized carbons (Fsp3) is 0.455. The third-order valence-electron chi connectivity index (χ3n) is 2.09. The SMILES string of the molecule is CC(C)(C)Cc1cc(B(O)O)ccc1Cl. The van der Waals surface area contributed by atoms with E-state index in [-0.39, 0.29) is 5.41 Å². The van der Waals surface area contributed by atoms with Crippen molar-refractivity contribution < 1.29 is 10.0 Å². The maximum atomic E-state index is 9.05. The highest BCUT2D eigenvalue weighted by atomic mass is 35.5. The lowest BCUT2D eigenvalue weighted by Gasteiger charge is -2.19. The Morgan fingerprint density at radius 2 is 1.87 bits per heavy atom. The van der Waals surface area contributed by atoms with E-state index in [4.69, 9.17) is 21.6 Å². The minimum absolute atomic E-state index is 0.128. The van der Waals surface area contributed by atoms with Crippen LogP contribution in [0, 0.1) is 5.41 Å². The molecule has 1 aromatic rings. The van der Waals surface area contributed by atoms with Crippen LogP contribution in [-0.4, -0.2) is 17.2 Å². The second-order valence-electron chi connectivity index (χ2n) is 4.96. The summed E-state index contributed by atoms with van der Waals surface area (Å²) < 4.78 is 0. The molecule has 1 aromatic carbocycles. The molecule has 2 N–H and O–H groups in total. The van der Waals surface area contributed by atoms with Crippen LogP contribution in [0.15, 0.2) is 18.2 Å². The van der Waals surface area contributed by atoms with Gasteiger partial charge in [-0.15, -0.1) is 0 Å². The average Bonchev–Trinajstić information content (AvgIpc) is 2.06. The molecule has 0 bridgehead atoms. The van der Waals surface area contributed by atoms with Gasteiger partial charge < -0.3 is 10.0 Å². The molecule has 0 radical (unpaired) electrons. The highest BCUT2D eigenvalue weighted by molar-refractivity contribution is 6.58. The maximum Gasteiger partial charge on any atom is 0.488 e.